The summed E-state index contributed by atoms with van der Waals surface area (Å²) >= 11 is 0. The highest BCUT2D eigenvalue weighted by Gasteiger charge is 2.45. The number of ether oxygens (including phenoxy) is 1. The topological polar surface area (TPSA) is 46.6 Å². The largest absolute Gasteiger partial charge is 0.490 e. The van der Waals surface area contributed by atoms with Gasteiger partial charge in [-0.25, -0.2) is 0 Å². The van der Waals surface area contributed by atoms with Crippen LogP contribution in [0.5, 0.6) is 5.75 Å². The van der Waals surface area contributed by atoms with Gasteiger partial charge in [0, 0.05) is 12.5 Å². The molecule has 1 aliphatic carbocycles. The summed E-state index contributed by atoms with van der Waals surface area (Å²) in [6, 6.07) is 14.9. The van der Waals surface area contributed by atoms with Crippen molar-refractivity contribution in [1.82, 2.24) is 4.90 Å². The number of carbonyl (C=O) groups is 2. The highest BCUT2D eigenvalue weighted by atomic mass is 16.5. The second-order valence-corrected chi connectivity index (χ2v) is 6.23. The normalized spacial score (nSPS) is 22.2. The smallest absolute Gasteiger partial charge is 0.261 e. The molecule has 0 N–H and O–H groups in total. The van der Waals surface area contributed by atoms with Gasteiger partial charge in [0.05, 0.1) is 11.1 Å². The van der Waals surface area contributed by atoms with Crippen LogP contribution >= 0.6 is 0 Å². The molecule has 4 rings (SSSR count). The number of carbonyl (C=O) groups excluding carboxylic acids is 2. The number of rotatable bonds is 4. The quantitative estimate of drug-likeness (QED) is 0.816. The third kappa shape index (κ3) is 2.50. The lowest BCUT2D eigenvalue weighted by Gasteiger charge is -2.13. The first-order chi connectivity index (χ1) is 11.1. The van der Waals surface area contributed by atoms with E-state index >= 15 is 0 Å². The zero-order chi connectivity index (χ0) is 16.0. The molecular weight excluding hydrogens is 290 g/mol. The summed E-state index contributed by atoms with van der Waals surface area (Å²) in [7, 11) is 0. The first-order valence-corrected chi connectivity index (χ1v) is 7.82. The zero-order valence-corrected chi connectivity index (χ0v) is 12.9. The number of aryl methyl sites for hydroxylation is 1. The molecule has 2 aromatic carbocycles. The summed E-state index contributed by atoms with van der Waals surface area (Å²) in [5.41, 5.74) is 2.21. The first kappa shape index (κ1) is 14.0. The lowest BCUT2D eigenvalue weighted by Crippen LogP contribution is -2.32. The van der Waals surface area contributed by atoms with E-state index in [2.05, 4.69) is 0 Å². The van der Waals surface area contributed by atoms with E-state index in [1.807, 2.05) is 31.2 Å². The van der Waals surface area contributed by atoms with Crippen molar-refractivity contribution in [3.63, 3.8) is 0 Å². The molecule has 1 heterocycles. The molecular formula is C19H17NO3. The van der Waals surface area contributed by atoms with Crippen LogP contribution in [0.4, 0.5) is 0 Å². The number of hydrogen-bond acceptors (Lipinski definition) is 3. The molecule has 0 saturated heterocycles. The van der Waals surface area contributed by atoms with Gasteiger partial charge >= 0.3 is 0 Å². The number of hydrogen-bond donors (Lipinski definition) is 0. The summed E-state index contributed by atoms with van der Waals surface area (Å²) in [6.45, 7) is 2.47. The molecule has 1 fully saturated rings. The van der Waals surface area contributed by atoms with E-state index in [9.17, 15) is 9.59 Å². The molecule has 1 aliphatic heterocycles. The van der Waals surface area contributed by atoms with Crippen molar-refractivity contribution in [2.75, 3.05) is 6.54 Å². The van der Waals surface area contributed by atoms with Gasteiger partial charge in [0.25, 0.3) is 11.8 Å². The molecule has 0 aromatic heterocycles. The minimum atomic E-state index is -0.188. The van der Waals surface area contributed by atoms with Crippen LogP contribution in [0.25, 0.3) is 0 Å². The summed E-state index contributed by atoms with van der Waals surface area (Å²) in [4.78, 5) is 26.0. The molecule has 4 heteroatoms. The molecule has 0 spiro atoms. The predicted molar refractivity (Wildman–Crippen MR) is 85.5 cm³/mol. The molecule has 0 bridgehead atoms. The van der Waals surface area contributed by atoms with E-state index in [1.54, 1.807) is 24.3 Å². The second-order valence-electron chi connectivity index (χ2n) is 6.23. The van der Waals surface area contributed by atoms with Gasteiger partial charge in [-0.1, -0.05) is 29.8 Å². The Bertz CT molecular complexity index is 746. The van der Waals surface area contributed by atoms with E-state index in [1.165, 1.54) is 10.5 Å². The second kappa shape index (κ2) is 5.23. The van der Waals surface area contributed by atoms with Crippen molar-refractivity contribution in [1.29, 1.82) is 0 Å². The number of nitrogens with zero attached hydrogens (tertiary/aromatic N) is 1. The van der Waals surface area contributed by atoms with Crippen molar-refractivity contribution < 1.29 is 14.3 Å². The van der Waals surface area contributed by atoms with Crippen molar-refractivity contribution in [3.05, 3.63) is 65.2 Å². The molecule has 2 aliphatic rings. The molecule has 1 saturated carbocycles. The number of benzene rings is 2. The number of fused-ring (bicyclic) bond motifs is 1. The molecule has 2 amide bonds. The van der Waals surface area contributed by atoms with Crippen molar-refractivity contribution >= 4 is 11.8 Å². The average molecular weight is 307 g/mol. The van der Waals surface area contributed by atoms with Gasteiger partial charge in [-0.2, -0.15) is 0 Å². The fourth-order valence-corrected chi connectivity index (χ4v) is 2.99. The van der Waals surface area contributed by atoms with Gasteiger partial charge in [-0.15, -0.1) is 0 Å². The highest BCUT2D eigenvalue weighted by molar-refractivity contribution is 6.21. The van der Waals surface area contributed by atoms with E-state index < -0.39 is 0 Å². The Labute approximate surface area is 134 Å². The number of imide groups is 1. The average Bonchev–Trinajstić information content (AvgIpc) is 3.26. The van der Waals surface area contributed by atoms with Crippen LogP contribution in [0.3, 0.4) is 0 Å². The van der Waals surface area contributed by atoms with Crippen LogP contribution in [-0.2, 0) is 0 Å². The standard InChI is InChI=1S/C19H17NO3/c1-12-6-8-14(9-7-12)23-17-10-13(17)11-20-18(21)15-4-2-3-5-16(15)19(20)22/h2-9,13,17H,10-11H2,1H3. The van der Waals surface area contributed by atoms with Crippen molar-refractivity contribution in [2.24, 2.45) is 5.92 Å². The Kier molecular flexibility index (Phi) is 3.18. The summed E-state index contributed by atoms with van der Waals surface area (Å²) in [5, 5.41) is 0. The summed E-state index contributed by atoms with van der Waals surface area (Å²) < 4.78 is 5.90. The Balaban J connectivity index is 1.40. The van der Waals surface area contributed by atoms with Gasteiger partial charge in [0.15, 0.2) is 0 Å². The zero-order valence-electron chi connectivity index (χ0n) is 12.9. The van der Waals surface area contributed by atoms with Crippen molar-refractivity contribution in [3.8, 4) is 5.75 Å². The monoisotopic (exact) mass is 307 g/mol. The van der Waals surface area contributed by atoms with Gasteiger partial charge in [0.2, 0.25) is 0 Å². The van der Waals surface area contributed by atoms with Crippen LogP contribution in [-0.4, -0.2) is 29.4 Å². The van der Waals surface area contributed by atoms with Crippen molar-refractivity contribution in [2.45, 2.75) is 19.4 Å². The molecule has 2 unspecified atom stereocenters. The lowest BCUT2D eigenvalue weighted by molar-refractivity contribution is 0.0641. The van der Waals surface area contributed by atoms with Crippen LogP contribution in [0.2, 0.25) is 0 Å². The van der Waals surface area contributed by atoms with Crippen LogP contribution in [0.15, 0.2) is 48.5 Å². The van der Waals surface area contributed by atoms with E-state index in [0.717, 1.165) is 12.2 Å². The van der Waals surface area contributed by atoms with E-state index in [0.29, 0.717) is 17.7 Å². The molecule has 2 atom stereocenters. The Morgan fingerprint density at radius 3 is 2.22 bits per heavy atom. The molecule has 23 heavy (non-hydrogen) atoms. The minimum absolute atomic E-state index is 0.0852. The third-order valence-electron chi connectivity index (χ3n) is 4.46. The van der Waals surface area contributed by atoms with Gasteiger partial charge in [0.1, 0.15) is 11.9 Å². The SMILES string of the molecule is Cc1ccc(OC2CC2CN2C(=O)c3ccccc3C2=O)cc1. The molecule has 4 nitrogen and oxygen atoms in total. The first-order valence-electron chi connectivity index (χ1n) is 7.82. The molecule has 0 radical (unpaired) electrons. The summed E-state index contributed by atoms with van der Waals surface area (Å²) in [5.74, 6) is 0.683. The third-order valence-corrected chi connectivity index (χ3v) is 4.46. The van der Waals surface area contributed by atoms with Gasteiger partial charge in [-0.05, 0) is 37.6 Å². The van der Waals surface area contributed by atoms with Crippen LogP contribution < -0.4 is 4.74 Å². The maximum atomic E-state index is 12.3. The van der Waals surface area contributed by atoms with Crippen LogP contribution in [0, 0.1) is 12.8 Å². The predicted octanol–water partition coefficient (Wildman–Crippen LogP) is 3.06. The lowest BCUT2D eigenvalue weighted by atomic mass is 10.1. The Morgan fingerprint density at radius 1 is 1.00 bits per heavy atom. The Hall–Kier alpha value is -2.62. The van der Waals surface area contributed by atoms with Gasteiger partial charge in [-0.3, -0.25) is 14.5 Å². The fourth-order valence-electron chi connectivity index (χ4n) is 2.99. The highest BCUT2D eigenvalue weighted by Crippen LogP contribution is 2.37. The fraction of sp³-hybridized carbons (Fsp3) is 0.263. The maximum Gasteiger partial charge on any atom is 0.261 e. The minimum Gasteiger partial charge on any atom is -0.490 e. The number of amides is 2. The molecule has 116 valence electrons. The van der Waals surface area contributed by atoms with E-state index in [-0.39, 0.29) is 23.8 Å². The molecule has 2 aromatic rings. The van der Waals surface area contributed by atoms with E-state index in [4.69, 9.17) is 4.74 Å². The van der Waals surface area contributed by atoms with Gasteiger partial charge < -0.3 is 4.74 Å². The maximum absolute atomic E-state index is 12.3. The Morgan fingerprint density at radius 2 is 1.61 bits per heavy atom. The van der Waals surface area contributed by atoms with Crippen LogP contribution in [0.1, 0.15) is 32.7 Å². The summed E-state index contributed by atoms with van der Waals surface area (Å²) in [6.07, 6.45) is 0.961.